The lowest BCUT2D eigenvalue weighted by Crippen LogP contribution is -2.17. The molecule has 0 aliphatic heterocycles. The first-order chi connectivity index (χ1) is 8.70. The van der Waals surface area contributed by atoms with Gasteiger partial charge < -0.3 is 5.32 Å². The minimum absolute atomic E-state index is 0.126. The summed E-state index contributed by atoms with van der Waals surface area (Å²) in [6.45, 7) is 0. The molecule has 0 bridgehead atoms. The topological polar surface area (TPSA) is 12.0 Å². The zero-order valence-electron chi connectivity index (χ0n) is 10.9. The van der Waals surface area contributed by atoms with Crippen molar-refractivity contribution in [3.05, 3.63) is 35.4 Å². The fourth-order valence-corrected chi connectivity index (χ4v) is 2.91. The predicted octanol–water partition coefficient (Wildman–Crippen LogP) is 4.20. The molecule has 1 aromatic carbocycles. The second kappa shape index (κ2) is 6.28. The van der Waals surface area contributed by atoms with Gasteiger partial charge in [-0.15, -0.1) is 0 Å². The van der Waals surface area contributed by atoms with Gasteiger partial charge in [0.15, 0.2) is 11.6 Å². The first-order valence-electron chi connectivity index (χ1n) is 6.83. The summed E-state index contributed by atoms with van der Waals surface area (Å²) < 4.78 is 26.1. The van der Waals surface area contributed by atoms with E-state index in [-0.39, 0.29) is 6.04 Å². The van der Waals surface area contributed by atoms with Crippen LogP contribution in [0.5, 0.6) is 0 Å². The van der Waals surface area contributed by atoms with Crippen molar-refractivity contribution < 1.29 is 8.78 Å². The number of halogens is 2. The van der Waals surface area contributed by atoms with Crippen LogP contribution in [0.1, 0.15) is 50.1 Å². The van der Waals surface area contributed by atoms with E-state index in [1.807, 2.05) is 7.05 Å². The van der Waals surface area contributed by atoms with Gasteiger partial charge in [-0.3, -0.25) is 0 Å². The standard InChI is InChI=1S/C15H21F2N/c1-18-15(9-6-11-4-2-3-5-11)12-7-8-13(16)14(17)10-12/h7-8,10-11,15,18H,2-6,9H2,1H3. The number of hydrogen-bond donors (Lipinski definition) is 1. The predicted molar refractivity (Wildman–Crippen MR) is 69.4 cm³/mol. The summed E-state index contributed by atoms with van der Waals surface area (Å²) in [5.41, 5.74) is 0.842. The Hall–Kier alpha value is -0.960. The highest BCUT2D eigenvalue weighted by Gasteiger charge is 2.18. The normalized spacial score (nSPS) is 18.2. The Morgan fingerprint density at radius 1 is 1.22 bits per heavy atom. The van der Waals surface area contributed by atoms with E-state index < -0.39 is 11.6 Å². The second-order valence-electron chi connectivity index (χ2n) is 5.24. The minimum Gasteiger partial charge on any atom is -0.313 e. The van der Waals surface area contributed by atoms with Crippen molar-refractivity contribution >= 4 is 0 Å². The van der Waals surface area contributed by atoms with Crippen molar-refractivity contribution in [3.63, 3.8) is 0 Å². The Morgan fingerprint density at radius 3 is 2.56 bits per heavy atom. The average Bonchev–Trinajstić information content (AvgIpc) is 2.87. The highest BCUT2D eigenvalue weighted by Crippen LogP contribution is 2.31. The number of rotatable bonds is 5. The SMILES string of the molecule is CNC(CCC1CCCC1)c1ccc(F)c(F)c1. The third-order valence-corrected chi connectivity index (χ3v) is 4.03. The van der Waals surface area contributed by atoms with Crippen LogP contribution in [0.25, 0.3) is 0 Å². The lowest BCUT2D eigenvalue weighted by Gasteiger charge is -2.19. The maximum Gasteiger partial charge on any atom is 0.159 e. The van der Waals surface area contributed by atoms with Crippen LogP contribution in [-0.4, -0.2) is 7.05 Å². The largest absolute Gasteiger partial charge is 0.313 e. The molecule has 1 atom stereocenters. The minimum atomic E-state index is -0.774. The van der Waals surface area contributed by atoms with Crippen LogP contribution in [0.15, 0.2) is 18.2 Å². The molecule has 0 spiro atoms. The molecule has 1 nitrogen and oxygen atoms in total. The molecule has 100 valence electrons. The van der Waals surface area contributed by atoms with Crippen molar-refractivity contribution in [3.8, 4) is 0 Å². The van der Waals surface area contributed by atoms with Gasteiger partial charge >= 0.3 is 0 Å². The molecule has 0 heterocycles. The number of nitrogens with one attached hydrogen (secondary N) is 1. The molecule has 1 aliphatic rings. The molecule has 0 aromatic heterocycles. The molecule has 1 saturated carbocycles. The van der Waals surface area contributed by atoms with E-state index in [0.717, 1.165) is 17.9 Å². The summed E-state index contributed by atoms with van der Waals surface area (Å²) in [4.78, 5) is 0. The molecule has 1 unspecified atom stereocenters. The number of hydrogen-bond acceptors (Lipinski definition) is 1. The number of benzene rings is 1. The zero-order chi connectivity index (χ0) is 13.0. The Bertz CT molecular complexity index is 386. The van der Waals surface area contributed by atoms with Gasteiger partial charge in [-0.25, -0.2) is 8.78 Å². The second-order valence-corrected chi connectivity index (χ2v) is 5.24. The quantitative estimate of drug-likeness (QED) is 0.829. The van der Waals surface area contributed by atoms with Crippen molar-refractivity contribution in [2.24, 2.45) is 5.92 Å². The average molecular weight is 253 g/mol. The van der Waals surface area contributed by atoms with E-state index in [1.165, 1.54) is 44.2 Å². The maximum atomic E-state index is 13.2. The molecule has 1 aliphatic carbocycles. The van der Waals surface area contributed by atoms with Crippen LogP contribution < -0.4 is 5.32 Å². The fraction of sp³-hybridized carbons (Fsp3) is 0.600. The van der Waals surface area contributed by atoms with E-state index in [2.05, 4.69) is 5.32 Å². The Labute approximate surface area is 108 Å². The zero-order valence-corrected chi connectivity index (χ0v) is 10.9. The van der Waals surface area contributed by atoms with Crippen LogP contribution >= 0.6 is 0 Å². The molecule has 0 radical (unpaired) electrons. The molecule has 3 heteroatoms. The van der Waals surface area contributed by atoms with E-state index in [0.29, 0.717) is 0 Å². The van der Waals surface area contributed by atoms with Crippen LogP contribution in [0.4, 0.5) is 8.78 Å². The first-order valence-corrected chi connectivity index (χ1v) is 6.83. The van der Waals surface area contributed by atoms with Crippen molar-refractivity contribution in [1.82, 2.24) is 5.32 Å². The lowest BCUT2D eigenvalue weighted by molar-refractivity contribution is 0.425. The monoisotopic (exact) mass is 253 g/mol. The molecular weight excluding hydrogens is 232 g/mol. The van der Waals surface area contributed by atoms with Gasteiger partial charge in [0.1, 0.15) is 0 Å². The van der Waals surface area contributed by atoms with E-state index in [4.69, 9.17) is 0 Å². The van der Waals surface area contributed by atoms with E-state index >= 15 is 0 Å². The molecular formula is C15H21F2N. The van der Waals surface area contributed by atoms with Crippen LogP contribution in [0.3, 0.4) is 0 Å². The summed E-state index contributed by atoms with van der Waals surface area (Å²) in [5.74, 6) is -0.704. The van der Waals surface area contributed by atoms with Crippen LogP contribution in [0.2, 0.25) is 0 Å². The Kier molecular flexibility index (Phi) is 4.70. The van der Waals surface area contributed by atoms with Gasteiger partial charge in [0, 0.05) is 6.04 Å². The lowest BCUT2D eigenvalue weighted by atomic mass is 9.95. The highest BCUT2D eigenvalue weighted by atomic mass is 19.2. The van der Waals surface area contributed by atoms with Gasteiger partial charge in [-0.2, -0.15) is 0 Å². The summed E-state index contributed by atoms with van der Waals surface area (Å²) in [6, 6.07) is 4.32. The van der Waals surface area contributed by atoms with Gasteiger partial charge in [-0.1, -0.05) is 31.7 Å². The van der Waals surface area contributed by atoms with Crippen LogP contribution in [-0.2, 0) is 0 Å². The molecule has 1 fully saturated rings. The van der Waals surface area contributed by atoms with Crippen molar-refractivity contribution in [2.75, 3.05) is 7.05 Å². The molecule has 18 heavy (non-hydrogen) atoms. The van der Waals surface area contributed by atoms with E-state index in [1.54, 1.807) is 6.07 Å². The summed E-state index contributed by atoms with van der Waals surface area (Å²) in [7, 11) is 1.88. The molecule has 1 N–H and O–H groups in total. The highest BCUT2D eigenvalue weighted by molar-refractivity contribution is 5.21. The van der Waals surface area contributed by atoms with Crippen molar-refractivity contribution in [2.45, 2.75) is 44.6 Å². The maximum absolute atomic E-state index is 13.2. The van der Waals surface area contributed by atoms with E-state index in [9.17, 15) is 8.78 Å². The Balaban J connectivity index is 1.96. The Morgan fingerprint density at radius 2 is 1.94 bits per heavy atom. The molecule has 1 aromatic rings. The molecule has 0 saturated heterocycles. The molecule has 0 amide bonds. The van der Waals surface area contributed by atoms with Gasteiger partial charge in [-0.05, 0) is 43.5 Å². The first kappa shape index (κ1) is 13.5. The third-order valence-electron chi connectivity index (χ3n) is 4.03. The summed E-state index contributed by atoms with van der Waals surface area (Å²) >= 11 is 0. The van der Waals surface area contributed by atoms with Crippen LogP contribution in [0, 0.1) is 17.6 Å². The third kappa shape index (κ3) is 3.29. The van der Waals surface area contributed by atoms with Crippen molar-refractivity contribution in [1.29, 1.82) is 0 Å². The molecule has 2 rings (SSSR count). The summed E-state index contributed by atoms with van der Waals surface area (Å²) in [6.07, 6.45) is 7.51. The summed E-state index contributed by atoms with van der Waals surface area (Å²) in [5, 5.41) is 3.20. The van der Waals surface area contributed by atoms with Gasteiger partial charge in [0.25, 0.3) is 0 Å². The fourth-order valence-electron chi connectivity index (χ4n) is 2.91. The smallest absolute Gasteiger partial charge is 0.159 e. The van der Waals surface area contributed by atoms with Gasteiger partial charge in [0.2, 0.25) is 0 Å². The van der Waals surface area contributed by atoms with Gasteiger partial charge in [0.05, 0.1) is 0 Å².